The van der Waals surface area contributed by atoms with Gasteiger partial charge in [0.15, 0.2) is 0 Å². The molecular weight excluding hydrogens is 242 g/mol. The maximum atomic E-state index is 12.4. The molecule has 0 aliphatic rings. The van der Waals surface area contributed by atoms with E-state index in [0.717, 1.165) is 5.39 Å². The summed E-state index contributed by atoms with van der Waals surface area (Å²) >= 11 is 0. The standard InChI is InChI=1S/C13H10F2O3/c14-13(15)18-12-9(7-11(16)17)6-5-8-3-1-2-4-10(8)12/h1-6,13H,7H2,(H,16,17). The van der Waals surface area contributed by atoms with Gasteiger partial charge in [-0.25, -0.2) is 0 Å². The van der Waals surface area contributed by atoms with Gasteiger partial charge in [-0.1, -0.05) is 36.4 Å². The van der Waals surface area contributed by atoms with Gasteiger partial charge in [-0.05, 0) is 5.39 Å². The Morgan fingerprint density at radius 1 is 1.22 bits per heavy atom. The van der Waals surface area contributed by atoms with Crippen molar-refractivity contribution in [2.75, 3.05) is 0 Å². The van der Waals surface area contributed by atoms with Gasteiger partial charge in [0.2, 0.25) is 0 Å². The number of rotatable bonds is 4. The molecule has 0 aliphatic carbocycles. The first kappa shape index (κ1) is 12.3. The smallest absolute Gasteiger partial charge is 0.387 e. The topological polar surface area (TPSA) is 46.5 Å². The zero-order valence-corrected chi connectivity index (χ0v) is 9.27. The third-order valence-electron chi connectivity index (χ3n) is 2.51. The summed E-state index contributed by atoms with van der Waals surface area (Å²) in [6.45, 7) is -2.98. The Labute approximate surface area is 102 Å². The lowest BCUT2D eigenvalue weighted by Crippen LogP contribution is -2.08. The predicted octanol–water partition coefficient (Wildman–Crippen LogP) is 3.07. The summed E-state index contributed by atoms with van der Waals surface area (Å²) in [6, 6.07) is 10.0. The van der Waals surface area contributed by atoms with E-state index in [1.54, 1.807) is 30.3 Å². The fraction of sp³-hybridized carbons (Fsp3) is 0.154. The number of hydrogen-bond donors (Lipinski definition) is 1. The molecule has 0 aliphatic heterocycles. The molecule has 0 heterocycles. The van der Waals surface area contributed by atoms with Crippen LogP contribution >= 0.6 is 0 Å². The number of ether oxygens (including phenoxy) is 1. The molecule has 0 saturated heterocycles. The van der Waals surface area contributed by atoms with Crippen LogP contribution in [0.2, 0.25) is 0 Å². The van der Waals surface area contributed by atoms with E-state index in [4.69, 9.17) is 5.11 Å². The highest BCUT2D eigenvalue weighted by molar-refractivity contribution is 5.90. The Morgan fingerprint density at radius 3 is 2.61 bits per heavy atom. The minimum atomic E-state index is -2.98. The molecule has 0 atom stereocenters. The third kappa shape index (κ3) is 2.56. The lowest BCUT2D eigenvalue weighted by Gasteiger charge is -2.12. The second-order valence-corrected chi connectivity index (χ2v) is 3.72. The monoisotopic (exact) mass is 252 g/mol. The Kier molecular flexibility index (Phi) is 3.41. The molecule has 2 aromatic carbocycles. The van der Waals surface area contributed by atoms with Crippen molar-refractivity contribution in [2.45, 2.75) is 13.0 Å². The van der Waals surface area contributed by atoms with E-state index in [2.05, 4.69) is 4.74 Å². The summed E-state index contributed by atoms with van der Waals surface area (Å²) in [4.78, 5) is 10.7. The molecule has 2 aromatic rings. The first-order valence-corrected chi connectivity index (χ1v) is 5.25. The van der Waals surface area contributed by atoms with E-state index in [1.165, 1.54) is 6.07 Å². The summed E-state index contributed by atoms with van der Waals surface area (Å²) in [5.41, 5.74) is 0.238. The highest BCUT2D eigenvalue weighted by Crippen LogP contribution is 2.31. The van der Waals surface area contributed by atoms with Gasteiger partial charge in [0.05, 0.1) is 6.42 Å². The highest BCUT2D eigenvalue weighted by Gasteiger charge is 2.15. The van der Waals surface area contributed by atoms with Crippen LogP contribution in [-0.2, 0) is 11.2 Å². The lowest BCUT2D eigenvalue weighted by molar-refractivity contribution is -0.136. The van der Waals surface area contributed by atoms with Gasteiger partial charge in [-0.15, -0.1) is 0 Å². The fourth-order valence-corrected chi connectivity index (χ4v) is 1.82. The van der Waals surface area contributed by atoms with Gasteiger partial charge in [0, 0.05) is 10.9 Å². The molecule has 0 amide bonds. The van der Waals surface area contributed by atoms with Crippen LogP contribution in [0.25, 0.3) is 10.8 Å². The number of hydrogen-bond acceptors (Lipinski definition) is 2. The Morgan fingerprint density at radius 2 is 1.94 bits per heavy atom. The highest BCUT2D eigenvalue weighted by atomic mass is 19.3. The van der Waals surface area contributed by atoms with Crippen molar-refractivity contribution in [1.82, 2.24) is 0 Å². The summed E-state index contributed by atoms with van der Waals surface area (Å²) in [5.74, 6) is -1.16. The molecule has 1 N–H and O–H groups in total. The van der Waals surface area contributed by atoms with Gasteiger partial charge < -0.3 is 9.84 Å². The van der Waals surface area contributed by atoms with E-state index in [9.17, 15) is 13.6 Å². The molecule has 5 heteroatoms. The normalized spacial score (nSPS) is 10.8. The van der Waals surface area contributed by atoms with Gasteiger partial charge in [0.1, 0.15) is 5.75 Å². The SMILES string of the molecule is O=C(O)Cc1ccc2ccccc2c1OC(F)F. The minimum absolute atomic E-state index is 0.0644. The van der Waals surface area contributed by atoms with Crippen LogP contribution in [0.4, 0.5) is 8.78 Å². The average Bonchev–Trinajstić information content (AvgIpc) is 2.31. The molecular formula is C13H10F2O3. The van der Waals surface area contributed by atoms with Crippen molar-refractivity contribution in [2.24, 2.45) is 0 Å². The molecule has 0 unspecified atom stereocenters. The summed E-state index contributed by atoms with van der Waals surface area (Å²) < 4.78 is 29.3. The van der Waals surface area contributed by atoms with E-state index in [-0.39, 0.29) is 17.7 Å². The number of halogens is 2. The van der Waals surface area contributed by atoms with Gasteiger partial charge in [-0.3, -0.25) is 4.79 Å². The first-order chi connectivity index (χ1) is 8.58. The summed E-state index contributed by atoms with van der Waals surface area (Å²) in [5, 5.41) is 9.96. The number of fused-ring (bicyclic) bond motifs is 1. The zero-order valence-electron chi connectivity index (χ0n) is 9.27. The maximum absolute atomic E-state index is 12.4. The van der Waals surface area contributed by atoms with Crippen LogP contribution in [0.15, 0.2) is 36.4 Å². The number of benzene rings is 2. The van der Waals surface area contributed by atoms with Gasteiger partial charge >= 0.3 is 12.6 Å². The molecule has 0 saturated carbocycles. The van der Waals surface area contributed by atoms with Crippen LogP contribution in [0, 0.1) is 0 Å². The molecule has 0 spiro atoms. The molecule has 0 fully saturated rings. The molecule has 94 valence electrons. The number of carboxylic acids is 1. The number of carboxylic acid groups (broad SMARTS) is 1. The molecule has 18 heavy (non-hydrogen) atoms. The second-order valence-electron chi connectivity index (χ2n) is 3.72. The van der Waals surface area contributed by atoms with Crippen molar-refractivity contribution in [3.8, 4) is 5.75 Å². The Hall–Kier alpha value is -2.17. The Bertz CT molecular complexity index is 581. The number of alkyl halides is 2. The van der Waals surface area contributed by atoms with E-state index in [0.29, 0.717) is 5.39 Å². The summed E-state index contributed by atoms with van der Waals surface area (Å²) in [6.07, 6.45) is -0.354. The van der Waals surface area contributed by atoms with Crippen molar-refractivity contribution in [1.29, 1.82) is 0 Å². The van der Waals surface area contributed by atoms with Crippen molar-refractivity contribution >= 4 is 16.7 Å². The zero-order chi connectivity index (χ0) is 13.1. The molecule has 2 rings (SSSR count). The average molecular weight is 252 g/mol. The largest absolute Gasteiger partial charge is 0.481 e. The number of aliphatic carboxylic acids is 1. The Balaban J connectivity index is 2.58. The van der Waals surface area contributed by atoms with Crippen molar-refractivity contribution in [3.05, 3.63) is 42.0 Å². The van der Waals surface area contributed by atoms with E-state index in [1.807, 2.05) is 0 Å². The number of carbonyl (C=O) groups is 1. The minimum Gasteiger partial charge on any atom is -0.481 e. The molecule has 3 nitrogen and oxygen atoms in total. The van der Waals surface area contributed by atoms with Crippen LogP contribution < -0.4 is 4.74 Å². The van der Waals surface area contributed by atoms with Crippen LogP contribution in [0.5, 0.6) is 5.75 Å². The predicted molar refractivity (Wildman–Crippen MR) is 61.9 cm³/mol. The van der Waals surface area contributed by atoms with Gasteiger partial charge in [-0.2, -0.15) is 8.78 Å². The second kappa shape index (κ2) is 5.00. The van der Waals surface area contributed by atoms with Gasteiger partial charge in [0.25, 0.3) is 0 Å². The molecule has 0 aromatic heterocycles. The fourth-order valence-electron chi connectivity index (χ4n) is 1.82. The quantitative estimate of drug-likeness (QED) is 0.909. The third-order valence-corrected chi connectivity index (χ3v) is 2.51. The lowest BCUT2D eigenvalue weighted by atomic mass is 10.0. The van der Waals surface area contributed by atoms with E-state index >= 15 is 0 Å². The van der Waals surface area contributed by atoms with Crippen molar-refractivity contribution < 1.29 is 23.4 Å². The maximum Gasteiger partial charge on any atom is 0.387 e. The van der Waals surface area contributed by atoms with Crippen LogP contribution in [-0.4, -0.2) is 17.7 Å². The first-order valence-electron chi connectivity index (χ1n) is 5.25. The summed E-state index contributed by atoms with van der Waals surface area (Å²) in [7, 11) is 0. The van der Waals surface area contributed by atoms with Crippen LogP contribution in [0.3, 0.4) is 0 Å². The molecule has 0 radical (unpaired) electrons. The van der Waals surface area contributed by atoms with Crippen LogP contribution in [0.1, 0.15) is 5.56 Å². The van der Waals surface area contributed by atoms with E-state index < -0.39 is 12.6 Å². The van der Waals surface area contributed by atoms with Crippen molar-refractivity contribution in [3.63, 3.8) is 0 Å². The molecule has 0 bridgehead atoms.